The fourth-order valence-corrected chi connectivity index (χ4v) is 2.87. The maximum atomic E-state index is 12.7. The van der Waals surface area contributed by atoms with Gasteiger partial charge in [0, 0.05) is 5.69 Å². The minimum Gasteiger partial charge on any atom is -0.295 e. The van der Waals surface area contributed by atoms with Crippen molar-refractivity contribution in [3.05, 3.63) is 100.0 Å². The second-order valence-corrected chi connectivity index (χ2v) is 6.13. The highest BCUT2D eigenvalue weighted by Gasteiger charge is 2.29. The average molecular weight is 411 g/mol. The lowest BCUT2D eigenvalue weighted by molar-refractivity contribution is -0.403. The minimum absolute atomic E-state index is 0.126. The Morgan fingerprint density at radius 3 is 1.90 bits per heavy atom. The van der Waals surface area contributed by atoms with E-state index < -0.39 is 43.0 Å². The number of aromatic amines is 1. The van der Waals surface area contributed by atoms with E-state index in [4.69, 9.17) is 0 Å². The Morgan fingerprint density at radius 2 is 1.40 bits per heavy atom. The van der Waals surface area contributed by atoms with Gasteiger partial charge in [-0.2, -0.15) is 0 Å². The molecule has 0 bridgehead atoms. The first-order valence-corrected chi connectivity index (χ1v) is 8.37. The minimum atomic E-state index is -0.956. The molecule has 0 radical (unpaired) electrons. The number of benzene rings is 2. The fourth-order valence-electron chi connectivity index (χ4n) is 2.87. The van der Waals surface area contributed by atoms with Gasteiger partial charge in [0.1, 0.15) is 5.56 Å². The van der Waals surface area contributed by atoms with E-state index in [1.54, 1.807) is 37.3 Å². The van der Waals surface area contributed by atoms with E-state index in [0.29, 0.717) is 23.5 Å². The number of hydrogen-bond donors (Lipinski definition) is 1. The zero-order valence-electron chi connectivity index (χ0n) is 15.3. The standard InChI is InChI=1S/C18H13N5O7/c1-11-14(18(24)20(19-11)12-5-3-2-4-6-12)7-8-15-16(22(27)28)9-13(21(25)26)10-17(15)23(29)30/h2-10,19H,1H3. The molecule has 1 aromatic heterocycles. The molecule has 2 aromatic carbocycles. The Labute approximate surface area is 167 Å². The van der Waals surface area contributed by atoms with Gasteiger partial charge in [0.2, 0.25) is 0 Å². The van der Waals surface area contributed by atoms with Crippen molar-refractivity contribution in [2.45, 2.75) is 6.92 Å². The molecule has 0 aliphatic carbocycles. The number of aromatic nitrogens is 2. The molecule has 0 saturated heterocycles. The number of H-pyrrole nitrogens is 1. The predicted molar refractivity (Wildman–Crippen MR) is 106 cm³/mol. The highest BCUT2D eigenvalue weighted by molar-refractivity contribution is 5.81. The Bertz CT molecular complexity index is 1220. The predicted octanol–water partition coefficient (Wildman–Crippen LogP) is 3.37. The van der Waals surface area contributed by atoms with Crippen molar-refractivity contribution in [1.82, 2.24) is 9.78 Å². The number of nitrogens with zero attached hydrogens (tertiary/aromatic N) is 4. The van der Waals surface area contributed by atoms with Crippen LogP contribution < -0.4 is 5.56 Å². The lowest BCUT2D eigenvalue weighted by Crippen LogP contribution is -2.15. The van der Waals surface area contributed by atoms with Gasteiger partial charge in [-0.3, -0.25) is 40.2 Å². The summed E-state index contributed by atoms with van der Waals surface area (Å²) in [7, 11) is 0. The molecule has 12 nitrogen and oxygen atoms in total. The van der Waals surface area contributed by atoms with Crippen molar-refractivity contribution < 1.29 is 14.8 Å². The summed E-state index contributed by atoms with van der Waals surface area (Å²) in [5, 5.41) is 36.5. The molecule has 0 spiro atoms. The zero-order chi connectivity index (χ0) is 22.0. The van der Waals surface area contributed by atoms with Gasteiger partial charge in [-0.25, -0.2) is 4.68 Å². The molecule has 152 valence electrons. The zero-order valence-corrected chi connectivity index (χ0v) is 15.3. The first kappa shape index (κ1) is 20.1. The van der Waals surface area contributed by atoms with Gasteiger partial charge in [0.15, 0.2) is 0 Å². The molecule has 0 atom stereocenters. The third-order valence-corrected chi connectivity index (χ3v) is 4.27. The molecule has 1 N–H and O–H groups in total. The van der Waals surface area contributed by atoms with Crippen LogP contribution in [-0.2, 0) is 0 Å². The average Bonchev–Trinajstić information content (AvgIpc) is 2.99. The number of hydrogen-bond acceptors (Lipinski definition) is 7. The largest absolute Gasteiger partial charge is 0.295 e. The molecule has 3 aromatic rings. The molecule has 0 aliphatic rings. The Balaban J connectivity index is 2.16. The van der Waals surface area contributed by atoms with Crippen LogP contribution in [0, 0.1) is 37.3 Å². The van der Waals surface area contributed by atoms with Crippen molar-refractivity contribution in [2.24, 2.45) is 0 Å². The third kappa shape index (κ3) is 3.69. The molecular formula is C18H13N5O7. The van der Waals surface area contributed by atoms with Crippen LogP contribution in [0.5, 0.6) is 0 Å². The van der Waals surface area contributed by atoms with Crippen LogP contribution in [0.15, 0.2) is 47.3 Å². The molecule has 0 saturated carbocycles. The Morgan fingerprint density at radius 1 is 0.867 bits per heavy atom. The number of nitrogens with one attached hydrogen (secondary N) is 1. The summed E-state index contributed by atoms with van der Waals surface area (Å²) in [6.45, 7) is 1.60. The van der Waals surface area contributed by atoms with E-state index in [2.05, 4.69) is 5.10 Å². The van der Waals surface area contributed by atoms with Gasteiger partial charge < -0.3 is 0 Å². The van der Waals surface area contributed by atoms with Gasteiger partial charge in [-0.05, 0) is 31.2 Å². The Kier molecular flexibility index (Phi) is 5.23. The van der Waals surface area contributed by atoms with Gasteiger partial charge in [0.25, 0.3) is 22.6 Å². The lowest BCUT2D eigenvalue weighted by Gasteiger charge is -2.00. The summed E-state index contributed by atoms with van der Waals surface area (Å²) in [6, 6.07) is 9.90. The molecule has 0 fully saturated rings. The van der Waals surface area contributed by atoms with Crippen LogP contribution in [-0.4, -0.2) is 24.6 Å². The number of rotatable bonds is 6. The van der Waals surface area contributed by atoms with Crippen LogP contribution in [0.3, 0.4) is 0 Å². The summed E-state index contributed by atoms with van der Waals surface area (Å²) < 4.78 is 1.26. The monoisotopic (exact) mass is 411 g/mol. The summed E-state index contributed by atoms with van der Waals surface area (Å²) in [6.07, 6.45) is 2.24. The van der Waals surface area contributed by atoms with E-state index in [1.165, 1.54) is 10.8 Å². The smallest absolute Gasteiger partial charge is 0.290 e. The quantitative estimate of drug-likeness (QED) is 0.479. The molecule has 0 unspecified atom stereocenters. The van der Waals surface area contributed by atoms with Crippen LogP contribution >= 0.6 is 0 Å². The van der Waals surface area contributed by atoms with E-state index in [9.17, 15) is 35.1 Å². The molecule has 12 heteroatoms. The summed E-state index contributed by atoms with van der Waals surface area (Å²) in [5.41, 5.74) is -2.24. The van der Waals surface area contributed by atoms with Crippen molar-refractivity contribution in [3.63, 3.8) is 0 Å². The second kappa shape index (κ2) is 7.79. The fraction of sp³-hybridized carbons (Fsp3) is 0.0556. The maximum Gasteiger partial charge on any atom is 0.290 e. The Hall–Kier alpha value is -4.61. The van der Waals surface area contributed by atoms with E-state index in [0.717, 1.165) is 6.08 Å². The maximum absolute atomic E-state index is 12.7. The van der Waals surface area contributed by atoms with Crippen molar-refractivity contribution in [2.75, 3.05) is 0 Å². The van der Waals surface area contributed by atoms with E-state index in [1.807, 2.05) is 0 Å². The molecule has 1 heterocycles. The number of nitro benzene ring substituents is 3. The molecular weight excluding hydrogens is 398 g/mol. The molecule has 0 amide bonds. The normalized spacial score (nSPS) is 11.0. The molecule has 30 heavy (non-hydrogen) atoms. The van der Waals surface area contributed by atoms with E-state index in [-0.39, 0.29) is 5.56 Å². The molecule has 0 aliphatic heterocycles. The first-order chi connectivity index (χ1) is 14.2. The van der Waals surface area contributed by atoms with Crippen LogP contribution in [0.4, 0.5) is 17.1 Å². The lowest BCUT2D eigenvalue weighted by atomic mass is 10.1. The third-order valence-electron chi connectivity index (χ3n) is 4.27. The number of non-ortho nitro benzene ring substituents is 1. The van der Waals surface area contributed by atoms with Gasteiger partial charge in [-0.15, -0.1) is 0 Å². The van der Waals surface area contributed by atoms with Crippen molar-refractivity contribution in [3.8, 4) is 5.69 Å². The van der Waals surface area contributed by atoms with Crippen LogP contribution in [0.25, 0.3) is 17.8 Å². The van der Waals surface area contributed by atoms with Gasteiger partial charge >= 0.3 is 0 Å². The van der Waals surface area contributed by atoms with Crippen LogP contribution in [0.2, 0.25) is 0 Å². The van der Waals surface area contributed by atoms with Gasteiger partial charge in [0.05, 0.1) is 38.2 Å². The number of nitro groups is 3. The van der Waals surface area contributed by atoms with Crippen molar-refractivity contribution >= 4 is 29.2 Å². The topological polar surface area (TPSA) is 167 Å². The van der Waals surface area contributed by atoms with Gasteiger partial charge in [-0.1, -0.05) is 18.2 Å². The highest BCUT2D eigenvalue weighted by atomic mass is 16.6. The van der Waals surface area contributed by atoms with Crippen molar-refractivity contribution in [1.29, 1.82) is 0 Å². The number of aryl methyl sites for hydroxylation is 1. The SMILES string of the molecule is Cc1[nH]n(-c2ccccc2)c(=O)c1C=Cc1c([N+](=O)[O-])cc([N+](=O)[O-])cc1[N+](=O)[O-]. The number of para-hydroxylation sites is 1. The summed E-state index contributed by atoms with van der Waals surface area (Å²) in [4.78, 5) is 43.5. The van der Waals surface area contributed by atoms with E-state index >= 15 is 0 Å². The van der Waals surface area contributed by atoms with Crippen LogP contribution in [0.1, 0.15) is 16.8 Å². The second-order valence-electron chi connectivity index (χ2n) is 6.13. The molecule has 3 rings (SSSR count). The first-order valence-electron chi connectivity index (χ1n) is 8.37. The highest BCUT2D eigenvalue weighted by Crippen LogP contribution is 2.35. The summed E-state index contributed by atoms with van der Waals surface area (Å²) >= 11 is 0. The summed E-state index contributed by atoms with van der Waals surface area (Å²) in [5.74, 6) is 0.